The number of esters is 1. The van der Waals surface area contributed by atoms with E-state index >= 15 is 0 Å². The highest BCUT2D eigenvalue weighted by Crippen LogP contribution is 2.23. The van der Waals surface area contributed by atoms with Crippen LogP contribution in [0, 0.1) is 0 Å². The summed E-state index contributed by atoms with van der Waals surface area (Å²) in [5, 5.41) is 0.422. The molecule has 0 aromatic heterocycles. The minimum atomic E-state index is -0.271. The lowest BCUT2D eigenvalue weighted by Crippen LogP contribution is -2.06. The lowest BCUT2D eigenvalue weighted by Gasteiger charge is -2.04. The number of benzene rings is 1. The van der Waals surface area contributed by atoms with Crippen LogP contribution in [-0.4, -0.2) is 18.4 Å². The zero-order chi connectivity index (χ0) is 13.5. The Kier molecular flexibility index (Phi) is 6.36. The summed E-state index contributed by atoms with van der Waals surface area (Å²) in [7, 11) is 0. The summed E-state index contributed by atoms with van der Waals surface area (Å²) in [6.07, 6.45) is 1.03. The molecular weight excluding hydrogens is 319 g/mol. The van der Waals surface area contributed by atoms with Crippen molar-refractivity contribution < 1.29 is 14.3 Å². The first-order chi connectivity index (χ1) is 8.54. The Hall–Kier alpha value is -0.870. The van der Waals surface area contributed by atoms with E-state index in [4.69, 9.17) is 16.3 Å². The molecule has 0 aliphatic carbocycles. The van der Waals surface area contributed by atoms with Gasteiger partial charge in [-0.2, -0.15) is 0 Å². The van der Waals surface area contributed by atoms with Gasteiger partial charge in [-0.1, -0.05) is 27.5 Å². The molecule has 1 aromatic rings. The Balaban J connectivity index is 2.48. The lowest BCUT2D eigenvalue weighted by atomic mass is 10.1. The van der Waals surface area contributed by atoms with Crippen LogP contribution in [0.5, 0.6) is 0 Å². The van der Waals surface area contributed by atoms with Crippen LogP contribution in [-0.2, 0) is 9.53 Å². The van der Waals surface area contributed by atoms with Gasteiger partial charge in [0.25, 0.3) is 0 Å². The normalized spacial score (nSPS) is 10.2. The smallest absolute Gasteiger partial charge is 0.305 e. The van der Waals surface area contributed by atoms with Crippen molar-refractivity contribution in [1.29, 1.82) is 0 Å². The fourth-order valence-corrected chi connectivity index (χ4v) is 2.26. The zero-order valence-electron chi connectivity index (χ0n) is 10.0. The molecule has 3 nitrogen and oxygen atoms in total. The summed E-state index contributed by atoms with van der Waals surface area (Å²) in [4.78, 5) is 23.0. The average Bonchev–Trinajstić information content (AvgIpc) is 2.29. The molecule has 0 unspecified atom stereocenters. The van der Waals surface area contributed by atoms with Crippen LogP contribution in [0.15, 0.2) is 22.7 Å². The van der Waals surface area contributed by atoms with Crippen LogP contribution < -0.4 is 0 Å². The molecule has 0 heterocycles. The zero-order valence-corrected chi connectivity index (χ0v) is 12.4. The van der Waals surface area contributed by atoms with E-state index in [2.05, 4.69) is 15.9 Å². The number of ether oxygens (including phenoxy) is 1. The number of Topliss-reactive ketones (excluding diaryl/α,β-unsaturated/α-hetero) is 1. The van der Waals surface area contributed by atoms with E-state index < -0.39 is 0 Å². The van der Waals surface area contributed by atoms with E-state index in [0.717, 1.165) is 4.47 Å². The number of carbonyl (C=O) groups is 2. The molecule has 0 radical (unpaired) electrons. The fraction of sp³-hybridized carbons (Fsp3) is 0.385. The number of hydrogen-bond acceptors (Lipinski definition) is 3. The van der Waals surface area contributed by atoms with Crippen molar-refractivity contribution in [3.8, 4) is 0 Å². The molecule has 0 aliphatic heterocycles. The van der Waals surface area contributed by atoms with Crippen molar-refractivity contribution in [3.05, 3.63) is 33.3 Å². The number of ketones is 1. The Morgan fingerprint density at radius 1 is 1.33 bits per heavy atom. The second kappa shape index (κ2) is 7.54. The Labute approximate surface area is 120 Å². The summed E-state index contributed by atoms with van der Waals surface area (Å²) in [5.41, 5.74) is 0.490. The number of rotatable bonds is 6. The van der Waals surface area contributed by atoms with Gasteiger partial charge in [0.15, 0.2) is 5.78 Å². The third kappa shape index (κ3) is 4.78. The summed E-state index contributed by atoms with van der Waals surface area (Å²) >= 11 is 9.25. The number of carbonyl (C=O) groups excluding carboxylic acids is 2. The second-order valence-corrected chi connectivity index (χ2v) is 5.03. The molecule has 0 amide bonds. The van der Waals surface area contributed by atoms with Crippen LogP contribution >= 0.6 is 27.5 Å². The van der Waals surface area contributed by atoms with E-state index in [9.17, 15) is 9.59 Å². The van der Waals surface area contributed by atoms with Crippen LogP contribution in [0.25, 0.3) is 0 Å². The van der Waals surface area contributed by atoms with E-state index in [0.29, 0.717) is 30.0 Å². The van der Waals surface area contributed by atoms with E-state index in [1.807, 2.05) is 0 Å². The highest BCUT2D eigenvalue weighted by molar-refractivity contribution is 9.10. The molecular formula is C13H14BrClO3. The molecule has 5 heteroatoms. The van der Waals surface area contributed by atoms with E-state index in [1.54, 1.807) is 25.1 Å². The molecule has 0 fully saturated rings. The standard InChI is InChI=1S/C13H14BrClO3/c1-2-18-13(17)5-3-4-12(16)10-7-6-9(14)8-11(10)15/h6-8H,2-5H2,1H3. The van der Waals surface area contributed by atoms with Gasteiger partial charge in [-0.25, -0.2) is 0 Å². The van der Waals surface area contributed by atoms with Gasteiger partial charge < -0.3 is 4.74 Å². The number of hydrogen-bond donors (Lipinski definition) is 0. The van der Waals surface area contributed by atoms with Crippen molar-refractivity contribution >= 4 is 39.3 Å². The van der Waals surface area contributed by atoms with Crippen LogP contribution in [0.1, 0.15) is 36.5 Å². The van der Waals surface area contributed by atoms with Crippen molar-refractivity contribution in [2.75, 3.05) is 6.61 Å². The maximum atomic E-state index is 11.9. The molecule has 98 valence electrons. The number of halogens is 2. The maximum absolute atomic E-state index is 11.9. The third-order valence-electron chi connectivity index (χ3n) is 2.32. The van der Waals surface area contributed by atoms with Gasteiger partial charge in [0.1, 0.15) is 0 Å². The first kappa shape index (κ1) is 15.2. The van der Waals surface area contributed by atoms with Crippen molar-refractivity contribution in [1.82, 2.24) is 0 Å². The van der Waals surface area contributed by atoms with Gasteiger partial charge in [0, 0.05) is 22.9 Å². The van der Waals surface area contributed by atoms with Crippen LogP contribution in [0.3, 0.4) is 0 Å². The van der Waals surface area contributed by atoms with Gasteiger partial charge in [0.05, 0.1) is 11.6 Å². The maximum Gasteiger partial charge on any atom is 0.305 e. The molecule has 0 aliphatic rings. The topological polar surface area (TPSA) is 43.4 Å². The fourth-order valence-electron chi connectivity index (χ4n) is 1.48. The summed E-state index contributed by atoms with van der Waals surface area (Å²) in [6, 6.07) is 5.13. The largest absolute Gasteiger partial charge is 0.466 e. The van der Waals surface area contributed by atoms with Gasteiger partial charge in [-0.15, -0.1) is 0 Å². The SMILES string of the molecule is CCOC(=O)CCCC(=O)c1ccc(Br)cc1Cl. The van der Waals surface area contributed by atoms with Crippen LogP contribution in [0.4, 0.5) is 0 Å². The molecule has 0 saturated carbocycles. The van der Waals surface area contributed by atoms with Gasteiger partial charge in [-0.3, -0.25) is 9.59 Å². The average molecular weight is 334 g/mol. The van der Waals surface area contributed by atoms with Gasteiger partial charge in [0.2, 0.25) is 0 Å². The minimum Gasteiger partial charge on any atom is -0.466 e. The van der Waals surface area contributed by atoms with E-state index in [1.165, 1.54) is 0 Å². The monoisotopic (exact) mass is 332 g/mol. The Morgan fingerprint density at radius 3 is 2.67 bits per heavy atom. The molecule has 1 rings (SSSR count). The van der Waals surface area contributed by atoms with Crippen molar-refractivity contribution in [2.45, 2.75) is 26.2 Å². The summed E-state index contributed by atoms with van der Waals surface area (Å²) < 4.78 is 5.62. The highest BCUT2D eigenvalue weighted by Gasteiger charge is 2.11. The quantitative estimate of drug-likeness (QED) is 0.583. The third-order valence-corrected chi connectivity index (χ3v) is 3.13. The minimum absolute atomic E-state index is 0.0585. The molecule has 0 atom stereocenters. The Morgan fingerprint density at radius 2 is 2.06 bits per heavy atom. The predicted octanol–water partition coefficient (Wildman–Crippen LogP) is 4.02. The predicted molar refractivity (Wildman–Crippen MR) is 74.0 cm³/mol. The van der Waals surface area contributed by atoms with Gasteiger partial charge in [-0.05, 0) is 31.5 Å². The van der Waals surface area contributed by atoms with Crippen molar-refractivity contribution in [2.24, 2.45) is 0 Å². The molecule has 0 spiro atoms. The second-order valence-electron chi connectivity index (χ2n) is 3.71. The molecule has 1 aromatic carbocycles. The first-order valence-electron chi connectivity index (χ1n) is 5.68. The summed E-state index contributed by atoms with van der Waals surface area (Å²) in [5.74, 6) is -0.330. The first-order valence-corrected chi connectivity index (χ1v) is 6.85. The Bertz CT molecular complexity index is 446. The van der Waals surface area contributed by atoms with Crippen molar-refractivity contribution in [3.63, 3.8) is 0 Å². The van der Waals surface area contributed by atoms with Crippen LogP contribution in [0.2, 0.25) is 5.02 Å². The lowest BCUT2D eigenvalue weighted by molar-refractivity contribution is -0.143. The van der Waals surface area contributed by atoms with E-state index in [-0.39, 0.29) is 18.2 Å². The molecule has 0 N–H and O–H groups in total. The highest BCUT2D eigenvalue weighted by atomic mass is 79.9. The summed E-state index contributed by atoms with van der Waals surface area (Å²) in [6.45, 7) is 2.12. The molecule has 0 saturated heterocycles. The van der Waals surface area contributed by atoms with Gasteiger partial charge >= 0.3 is 5.97 Å². The molecule has 0 bridgehead atoms. The molecule has 18 heavy (non-hydrogen) atoms.